The van der Waals surface area contributed by atoms with Gasteiger partial charge in [0, 0.05) is 31.8 Å². The van der Waals surface area contributed by atoms with Gasteiger partial charge in [-0.3, -0.25) is 9.59 Å². The molecule has 0 bridgehead atoms. The highest BCUT2D eigenvalue weighted by Gasteiger charge is 2.51. The summed E-state index contributed by atoms with van der Waals surface area (Å²) in [7, 11) is 1.60. The van der Waals surface area contributed by atoms with Crippen LogP contribution in [0.15, 0.2) is 30.3 Å². The van der Waals surface area contributed by atoms with Gasteiger partial charge in [0.25, 0.3) is 0 Å². The summed E-state index contributed by atoms with van der Waals surface area (Å²) in [6.07, 6.45) is -3.81. The van der Waals surface area contributed by atoms with Crippen LogP contribution in [0.1, 0.15) is 32.8 Å². The summed E-state index contributed by atoms with van der Waals surface area (Å²) in [5.74, 6) is -0.939. The Morgan fingerprint density at radius 3 is 2.29 bits per heavy atom. The lowest BCUT2D eigenvalue weighted by Gasteiger charge is -2.46. The van der Waals surface area contributed by atoms with E-state index >= 15 is 0 Å². The maximum absolute atomic E-state index is 11.9. The molecule has 2 heterocycles. The molecule has 9 atom stereocenters. The number of benzene rings is 1. The summed E-state index contributed by atoms with van der Waals surface area (Å²) in [6, 6.07) is 9.89. The second-order valence-electron chi connectivity index (χ2n) is 8.47. The van der Waals surface area contributed by atoms with Gasteiger partial charge in [0.1, 0.15) is 16.1 Å². The fraction of sp³-hybridized carbons (Fsp3) is 0.667. The Morgan fingerprint density at radius 2 is 1.69 bits per heavy atom. The average molecular weight is 718 g/mol. The fourth-order valence-corrected chi connectivity index (χ4v) is 5.81. The van der Waals surface area contributed by atoms with E-state index in [-0.39, 0.29) is 12.2 Å². The van der Waals surface area contributed by atoms with Crippen LogP contribution in [0.2, 0.25) is 0 Å². The predicted octanol–water partition coefficient (Wildman–Crippen LogP) is 3.57. The molecule has 1 aromatic rings. The molecule has 2 fully saturated rings. The number of hydrogen-bond donors (Lipinski definition) is 0. The van der Waals surface area contributed by atoms with Crippen LogP contribution in [0, 0.1) is 0 Å². The Morgan fingerprint density at radius 1 is 1.03 bits per heavy atom. The molecule has 0 aliphatic carbocycles. The van der Waals surface area contributed by atoms with Crippen LogP contribution in [0.25, 0.3) is 0 Å². The van der Waals surface area contributed by atoms with Crippen molar-refractivity contribution in [3.05, 3.63) is 35.9 Å². The molecular formula is C24H32I2O9. The van der Waals surface area contributed by atoms with Crippen molar-refractivity contribution in [3.8, 4) is 0 Å². The Balaban J connectivity index is 1.79. The van der Waals surface area contributed by atoms with Gasteiger partial charge in [0.05, 0.1) is 18.8 Å². The highest BCUT2D eigenvalue weighted by molar-refractivity contribution is 14.1. The monoisotopic (exact) mass is 718 g/mol. The topological polar surface area (TPSA) is 98.8 Å². The Kier molecular flexibility index (Phi) is 11.4. The highest BCUT2D eigenvalue weighted by atomic mass is 127. The molecule has 0 radical (unpaired) electrons. The first-order chi connectivity index (χ1) is 16.7. The molecule has 3 rings (SSSR count). The van der Waals surface area contributed by atoms with Gasteiger partial charge in [-0.2, -0.15) is 0 Å². The zero-order valence-corrected chi connectivity index (χ0v) is 24.4. The molecule has 2 aliphatic heterocycles. The minimum Gasteiger partial charge on any atom is -0.457 e. The Hall–Kier alpha value is -0.580. The summed E-state index contributed by atoms with van der Waals surface area (Å²) < 4.78 is 41.6. The smallest absolute Gasteiger partial charge is 0.303 e. The van der Waals surface area contributed by atoms with Crippen molar-refractivity contribution >= 4 is 57.1 Å². The van der Waals surface area contributed by atoms with Crippen LogP contribution < -0.4 is 0 Å². The van der Waals surface area contributed by atoms with E-state index in [1.807, 2.05) is 37.3 Å². The third kappa shape index (κ3) is 7.95. The van der Waals surface area contributed by atoms with Gasteiger partial charge >= 0.3 is 11.9 Å². The molecular weight excluding hydrogens is 686 g/mol. The standard InChI is InChI=1S/C24H32I2O9/c1-13-21(17(10-19(29-4)31-13)30-12-16-8-6-5-7-9-16)35-24-20(26)23(33-15(3)28)22(32-14(2)27)18(11-25)34-24/h5-9,13,17-24H,10-12H2,1-4H3/t13-,17-,18-,19+,20+,21-,22-,23-,24-/m1/s1. The molecule has 2 aliphatic rings. The van der Waals surface area contributed by atoms with Gasteiger partial charge in [-0.05, 0) is 12.5 Å². The summed E-state index contributed by atoms with van der Waals surface area (Å²) >= 11 is 4.28. The summed E-state index contributed by atoms with van der Waals surface area (Å²) in [4.78, 5) is 23.6. The van der Waals surface area contributed by atoms with Crippen LogP contribution >= 0.6 is 45.2 Å². The van der Waals surface area contributed by atoms with Crippen molar-refractivity contribution in [3.63, 3.8) is 0 Å². The number of carbonyl (C=O) groups is 2. The highest BCUT2D eigenvalue weighted by Crippen LogP contribution is 2.36. The van der Waals surface area contributed by atoms with Crippen molar-refractivity contribution in [1.29, 1.82) is 0 Å². The molecule has 196 valence electrons. The first kappa shape index (κ1) is 29.0. The molecule has 1 aromatic carbocycles. The van der Waals surface area contributed by atoms with Gasteiger partial charge in [0.2, 0.25) is 0 Å². The number of carbonyl (C=O) groups excluding carboxylic acids is 2. The van der Waals surface area contributed by atoms with Crippen molar-refractivity contribution in [2.75, 3.05) is 11.5 Å². The lowest BCUT2D eigenvalue weighted by molar-refractivity contribution is -0.311. The minimum absolute atomic E-state index is 0.326. The molecule has 9 nitrogen and oxygen atoms in total. The second-order valence-corrected chi connectivity index (χ2v) is 10.8. The van der Waals surface area contributed by atoms with E-state index in [1.54, 1.807) is 7.11 Å². The number of ether oxygens (including phenoxy) is 7. The number of esters is 2. The van der Waals surface area contributed by atoms with E-state index in [0.29, 0.717) is 17.5 Å². The van der Waals surface area contributed by atoms with Gasteiger partial charge in [0.15, 0.2) is 24.8 Å². The first-order valence-electron chi connectivity index (χ1n) is 11.4. The molecule has 0 unspecified atom stereocenters. The van der Waals surface area contributed by atoms with Crippen LogP contribution in [0.3, 0.4) is 0 Å². The van der Waals surface area contributed by atoms with Crippen LogP contribution in [-0.4, -0.2) is 76.6 Å². The van der Waals surface area contributed by atoms with E-state index in [9.17, 15) is 9.59 Å². The maximum Gasteiger partial charge on any atom is 0.303 e. The normalized spacial score (nSPS) is 35.3. The molecule has 0 saturated carbocycles. The first-order valence-corrected chi connectivity index (χ1v) is 14.2. The summed E-state index contributed by atoms with van der Waals surface area (Å²) in [6.45, 7) is 4.96. The SMILES string of the molecule is CO[C@@H]1C[C@@H](OCc2ccccc2)[C@H](O[C@H]2O[C@H](CI)[C@@H](OC(C)=O)[C@H](OC(C)=O)[C@@H]2I)[C@@H](C)O1. The quantitative estimate of drug-likeness (QED) is 0.216. The van der Waals surface area contributed by atoms with Crippen LogP contribution in [0.5, 0.6) is 0 Å². The summed E-state index contributed by atoms with van der Waals surface area (Å²) in [5, 5.41) is 0. The molecule has 35 heavy (non-hydrogen) atoms. The number of alkyl halides is 2. The van der Waals surface area contributed by atoms with E-state index in [1.165, 1.54) is 13.8 Å². The molecule has 0 N–H and O–H groups in total. The van der Waals surface area contributed by atoms with E-state index < -0.39 is 52.9 Å². The van der Waals surface area contributed by atoms with Crippen molar-refractivity contribution in [2.24, 2.45) is 0 Å². The summed E-state index contributed by atoms with van der Waals surface area (Å²) in [5.41, 5.74) is 1.05. The van der Waals surface area contributed by atoms with Gasteiger partial charge in [-0.1, -0.05) is 75.5 Å². The van der Waals surface area contributed by atoms with Crippen LogP contribution in [-0.2, 0) is 49.4 Å². The minimum atomic E-state index is -0.746. The lowest BCUT2D eigenvalue weighted by Crippen LogP contribution is -2.61. The average Bonchev–Trinajstić information content (AvgIpc) is 2.83. The molecule has 11 heteroatoms. The van der Waals surface area contributed by atoms with Crippen molar-refractivity contribution < 1.29 is 42.7 Å². The lowest BCUT2D eigenvalue weighted by atomic mass is 9.99. The van der Waals surface area contributed by atoms with Gasteiger partial charge in [-0.25, -0.2) is 0 Å². The number of halogens is 2. The predicted molar refractivity (Wildman–Crippen MR) is 142 cm³/mol. The number of methoxy groups -OCH3 is 1. The molecule has 0 spiro atoms. The van der Waals surface area contributed by atoms with E-state index in [2.05, 4.69) is 45.2 Å². The largest absolute Gasteiger partial charge is 0.457 e. The van der Waals surface area contributed by atoms with Crippen molar-refractivity contribution in [2.45, 2.75) is 86.9 Å². The number of hydrogen-bond acceptors (Lipinski definition) is 9. The van der Waals surface area contributed by atoms with E-state index in [0.717, 1.165) is 5.56 Å². The molecule has 0 aromatic heterocycles. The van der Waals surface area contributed by atoms with Gasteiger partial charge < -0.3 is 33.2 Å². The van der Waals surface area contributed by atoms with Crippen molar-refractivity contribution in [1.82, 2.24) is 0 Å². The van der Waals surface area contributed by atoms with Crippen LogP contribution in [0.4, 0.5) is 0 Å². The van der Waals surface area contributed by atoms with E-state index in [4.69, 9.17) is 33.2 Å². The zero-order valence-electron chi connectivity index (χ0n) is 20.1. The third-order valence-corrected chi connectivity index (χ3v) is 7.97. The Labute approximate surface area is 233 Å². The fourth-order valence-electron chi connectivity index (χ4n) is 4.21. The Bertz CT molecular complexity index is 826. The number of rotatable bonds is 9. The van der Waals surface area contributed by atoms with Gasteiger partial charge in [-0.15, -0.1) is 0 Å². The second kappa shape index (κ2) is 13.8. The zero-order chi connectivity index (χ0) is 25.5. The third-order valence-electron chi connectivity index (χ3n) is 5.81. The molecule has 0 amide bonds. The maximum atomic E-state index is 11.9. The molecule has 2 saturated heterocycles.